The maximum Gasteiger partial charge on any atom is 0.123 e. The summed E-state index contributed by atoms with van der Waals surface area (Å²) in [7, 11) is 0. The fourth-order valence-electron chi connectivity index (χ4n) is 2.72. The van der Waals surface area contributed by atoms with Gasteiger partial charge < -0.3 is 5.11 Å². The Morgan fingerprint density at radius 2 is 1.89 bits per heavy atom. The van der Waals surface area contributed by atoms with Gasteiger partial charge in [0.15, 0.2) is 0 Å². The number of piperidine rings is 1. The van der Waals surface area contributed by atoms with E-state index in [1.54, 1.807) is 0 Å². The molecule has 1 aliphatic heterocycles. The summed E-state index contributed by atoms with van der Waals surface area (Å²) in [5, 5.41) is 10.3. The number of benzene rings is 1. The predicted octanol–water partition coefficient (Wildman–Crippen LogP) is 3.42. The number of hydrogen-bond acceptors (Lipinski definition) is 2. The van der Waals surface area contributed by atoms with Gasteiger partial charge in [0.25, 0.3) is 0 Å². The van der Waals surface area contributed by atoms with Crippen molar-refractivity contribution >= 4 is 0 Å². The summed E-state index contributed by atoms with van der Waals surface area (Å²) in [6, 6.07) is 4.16. The second kappa shape index (κ2) is 6.05. The Labute approximate surface area is 110 Å². The van der Waals surface area contributed by atoms with Gasteiger partial charge in [0.1, 0.15) is 5.75 Å². The van der Waals surface area contributed by atoms with Crippen molar-refractivity contribution in [2.45, 2.75) is 39.2 Å². The topological polar surface area (TPSA) is 23.5 Å². The Hall–Kier alpha value is -1.28. The van der Waals surface area contributed by atoms with Crippen LogP contribution in [0.2, 0.25) is 0 Å². The smallest absolute Gasteiger partial charge is 0.123 e. The van der Waals surface area contributed by atoms with E-state index in [0.29, 0.717) is 5.75 Å². The number of rotatable bonds is 4. The van der Waals surface area contributed by atoms with Crippen molar-refractivity contribution in [2.24, 2.45) is 0 Å². The van der Waals surface area contributed by atoms with E-state index < -0.39 is 0 Å². The third-order valence-corrected chi connectivity index (χ3v) is 3.62. The minimum atomic E-state index is 0.464. The van der Waals surface area contributed by atoms with Crippen LogP contribution in [0.3, 0.4) is 0 Å². The Morgan fingerprint density at radius 3 is 2.56 bits per heavy atom. The molecule has 2 nitrogen and oxygen atoms in total. The molecule has 2 heteroatoms. The molecule has 1 aliphatic rings. The summed E-state index contributed by atoms with van der Waals surface area (Å²) < 4.78 is 0. The summed E-state index contributed by atoms with van der Waals surface area (Å²) in [4.78, 5) is 2.44. The molecule has 0 bridgehead atoms. The van der Waals surface area contributed by atoms with Crippen LogP contribution in [0, 0.1) is 6.92 Å². The molecular formula is C16H23NO. The molecule has 1 aromatic rings. The van der Waals surface area contributed by atoms with Gasteiger partial charge in [0.05, 0.1) is 0 Å². The lowest BCUT2D eigenvalue weighted by Gasteiger charge is -2.27. The van der Waals surface area contributed by atoms with Crippen molar-refractivity contribution in [3.8, 4) is 5.75 Å². The summed E-state index contributed by atoms with van der Waals surface area (Å²) in [5.41, 5.74) is 3.28. The Morgan fingerprint density at radius 1 is 1.22 bits per heavy atom. The van der Waals surface area contributed by atoms with Crippen molar-refractivity contribution in [2.75, 3.05) is 13.1 Å². The lowest BCUT2D eigenvalue weighted by atomic mass is 10.0. The number of phenolic OH excluding ortho intramolecular Hbond substituents is 1. The first-order valence-corrected chi connectivity index (χ1v) is 6.85. The number of likely N-dealkylation sites (tertiary alicyclic amines) is 1. The summed E-state index contributed by atoms with van der Waals surface area (Å²) in [6.45, 7) is 9.03. The molecule has 1 N–H and O–H groups in total. The first-order valence-electron chi connectivity index (χ1n) is 6.85. The van der Waals surface area contributed by atoms with Crippen LogP contribution in [0.25, 0.3) is 0 Å². The molecule has 0 aromatic heterocycles. The third-order valence-electron chi connectivity index (χ3n) is 3.62. The normalized spacial score (nSPS) is 16.7. The van der Waals surface area contributed by atoms with Gasteiger partial charge in [0, 0.05) is 12.1 Å². The number of hydrogen-bond donors (Lipinski definition) is 1. The molecule has 0 spiro atoms. The second-order valence-electron chi connectivity index (χ2n) is 5.26. The van der Waals surface area contributed by atoms with Crippen LogP contribution in [0.5, 0.6) is 5.75 Å². The first kappa shape index (κ1) is 13.2. The van der Waals surface area contributed by atoms with Gasteiger partial charge in [-0.3, -0.25) is 4.90 Å². The monoisotopic (exact) mass is 245 g/mol. The van der Waals surface area contributed by atoms with Crippen molar-refractivity contribution in [1.82, 2.24) is 4.90 Å². The maximum absolute atomic E-state index is 10.3. The van der Waals surface area contributed by atoms with E-state index in [2.05, 4.69) is 30.5 Å². The summed E-state index contributed by atoms with van der Waals surface area (Å²) >= 11 is 0. The number of allylic oxidation sites excluding steroid dienone is 1. The molecule has 0 amide bonds. The average molecular weight is 245 g/mol. The van der Waals surface area contributed by atoms with E-state index in [4.69, 9.17) is 0 Å². The standard InChI is InChI=1S/C16H23NO/c1-3-7-14-10-13(2)11-15(16(14)18)12-17-8-5-4-6-9-17/h3,10-11,18H,1,4-9,12H2,2H3. The lowest BCUT2D eigenvalue weighted by Crippen LogP contribution is -2.29. The van der Waals surface area contributed by atoms with Crippen LogP contribution < -0.4 is 0 Å². The van der Waals surface area contributed by atoms with Crippen LogP contribution in [0.1, 0.15) is 36.0 Å². The molecule has 18 heavy (non-hydrogen) atoms. The van der Waals surface area contributed by atoms with Gasteiger partial charge in [-0.1, -0.05) is 30.2 Å². The number of nitrogens with zero attached hydrogens (tertiary/aromatic N) is 1. The number of aromatic hydroxyl groups is 1. The minimum absolute atomic E-state index is 0.464. The number of aryl methyl sites for hydroxylation is 1. The fourth-order valence-corrected chi connectivity index (χ4v) is 2.72. The summed E-state index contributed by atoms with van der Waals surface area (Å²) in [6.07, 6.45) is 6.50. The molecule has 1 fully saturated rings. The van der Waals surface area contributed by atoms with Gasteiger partial charge >= 0.3 is 0 Å². The maximum atomic E-state index is 10.3. The molecule has 1 saturated heterocycles. The Balaban J connectivity index is 2.17. The van der Waals surface area contributed by atoms with Crippen molar-refractivity contribution < 1.29 is 5.11 Å². The highest BCUT2D eigenvalue weighted by molar-refractivity contribution is 5.44. The lowest BCUT2D eigenvalue weighted by molar-refractivity contribution is 0.218. The van der Waals surface area contributed by atoms with E-state index >= 15 is 0 Å². The third kappa shape index (κ3) is 3.14. The van der Waals surface area contributed by atoms with E-state index in [1.807, 2.05) is 6.08 Å². The van der Waals surface area contributed by atoms with E-state index in [1.165, 1.54) is 24.8 Å². The SMILES string of the molecule is C=CCc1cc(C)cc(CN2CCCCC2)c1O. The molecule has 0 aliphatic carbocycles. The van der Waals surface area contributed by atoms with Gasteiger partial charge in [0.2, 0.25) is 0 Å². The molecule has 1 heterocycles. The van der Waals surface area contributed by atoms with Crippen LogP contribution in [-0.2, 0) is 13.0 Å². The largest absolute Gasteiger partial charge is 0.507 e. The second-order valence-corrected chi connectivity index (χ2v) is 5.26. The zero-order chi connectivity index (χ0) is 13.0. The van der Waals surface area contributed by atoms with Crippen LogP contribution in [-0.4, -0.2) is 23.1 Å². The quantitative estimate of drug-likeness (QED) is 0.822. The molecule has 1 aromatic carbocycles. The van der Waals surface area contributed by atoms with Crippen LogP contribution in [0.15, 0.2) is 24.8 Å². The molecule has 0 atom stereocenters. The van der Waals surface area contributed by atoms with Crippen molar-refractivity contribution in [3.63, 3.8) is 0 Å². The van der Waals surface area contributed by atoms with Crippen LogP contribution in [0.4, 0.5) is 0 Å². The molecule has 0 unspecified atom stereocenters. The van der Waals surface area contributed by atoms with Gasteiger partial charge in [-0.2, -0.15) is 0 Å². The van der Waals surface area contributed by atoms with E-state index in [0.717, 1.165) is 37.2 Å². The molecule has 0 saturated carbocycles. The highest BCUT2D eigenvalue weighted by Gasteiger charge is 2.14. The molecular weight excluding hydrogens is 222 g/mol. The number of phenols is 1. The molecule has 0 radical (unpaired) electrons. The van der Waals surface area contributed by atoms with Gasteiger partial charge in [-0.05, 0) is 44.8 Å². The Bertz CT molecular complexity index is 419. The highest BCUT2D eigenvalue weighted by Crippen LogP contribution is 2.27. The van der Waals surface area contributed by atoms with E-state index in [-0.39, 0.29) is 0 Å². The van der Waals surface area contributed by atoms with Crippen molar-refractivity contribution in [3.05, 3.63) is 41.5 Å². The fraction of sp³-hybridized carbons (Fsp3) is 0.500. The zero-order valence-corrected chi connectivity index (χ0v) is 11.3. The summed E-state index contributed by atoms with van der Waals surface area (Å²) in [5.74, 6) is 0.464. The molecule has 98 valence electrons. The zero-order valence-electron chi connectivity index (χ0n) is 11.3. The van der Waals surface area contributed by atoms with Crippen molar-refractivity contribution in [1.29, 1.82) is 0 Å². The van der Waals surface area contributed by atoms with Gasteiger partial charge in [-0.25, -0.2) is 0 Å². The highest BCUT2D eigenvalue weighted by atomic mass is 16.3. The predicted molar refractivity (Wildman–Crippen MR) is 75.9 cm³/mol. The average Bonchev–Trinajstić information content (AvgIpc) is 2.36. The minimum Gasteiger partial charge on any atom is -0.507 e. The van der Waals surface area contributed by atoms with Crippen LogP contribution >= 0.6 is 0 Å². The Kier molecular flexibility index (Phi) is 4.43. The van der Waals surface area contributed by atoms with E-state index in [9.17, 15) is 5.11 Å². The molecule has 2 rings (SSSR count). The first-order chi connectivity index (χ1) is 8.70. The van der Waals surface area contributed by atoms with Gasteiger partial charge in [-0.15, -0.1) is 6.58 Å².